The van der Waals surface area contributed by atoms with Gasteiger partial charge in [0.05, 0.1) is 13.1 Å². The molecule has 4 amide bonds. The molecule has 0 saturated heterocycles. The molecular weight excluding hydrogens is 530 g/mol. The van der Waals surface area contributed by atoms with Gasteiger partial charge >= 0.3 is 39.6 Å². The Morgan fingerprint density at radius 2 is 0.960 bits per heavy atom. The Labute approximate surface area is 188 Å². The molecule has 14 nitrogen and oxygen atoms in total. The smallest absolute Gasteiger partial charge is 1.00 e. The molecule has 0 unspecified atom stereocenters. The van der Waals surface area contributed by atoms with Gasteiger partial charge < -0.3 is 77.3 Å². The van der Waals surface area contributed by atoms with Crippen LogP contribution in [0, 0.1) is 0 Å². The summed E-state index contributed by atoms with van der Waals surface area (Å²) in [5.74, 6) is 8.43. The number of urea groups is 1. The number of nitrogens with zero attached hydrogens (tertiary/aromatic N) is 1. The monoisotopic (exact) mass is 549 g/mol. The number of amides is 4. The Bertz CT molecular complexity index is 270. The van der Waals surface area contributed by atoms with Crippen LogP contribution in [0.4, 0.5) is 4.79 Å². The Kier molecular flexibility index (Phi) is 129. The number of hydrogen-bond donors (Lipinski definition) is 6. The maximum absolute atomic E-state index is 10.8. The third-order valence-electron chi connectivity index (χ3n) is 1.26. The molecule has 0 aliphatic heterocycles. The van der Waals surface area contributed by atoms with Crippen LogP contribution in [-0.4, -0.2) is 57.8 Å². The van der Waals surface area contributed by atoms with E-state index < -0.39 is 17.8 Å². The Morgan fingerprint density at radius 1 is 0.720 bits per heavy atom. The second-order valence-electron chi connectivity index (χ2n) is 2.47. The van der Waals surface area contributed by atoms with Crippen molar-refractivity contribution in [2.24, 2.45) is 17.4 Å². The van der Waals surface area contributed by atoms with Crippen molar-refractivity contribution in [3.05, 3.63) is 0 Å². The summed E-state index contributed by atoms with van der Waals surface area (Å²) in [6.07, 6.45) is 0. The number of hydrogen-bond acceptors (Lipinski definition) is 6. The molecule has 164 valence electrons. The van der Waals surface area contributed by atoms with Crippen LogP contribution in [0.3, 0.4) is 0 Å². The van der Waals surface area contributed by atoms with Crippen molar-refractivity contribution in [1.29, 1.82) is 0 Å². The Hall–Kier alpha value is 0.103. The van der Waals surface area contributed by atoms with Crippen LogP contribution in [0.5, 0.6) is 0 Å². The van der Waals surface area contributed by atoms with E-state index in [0.29, 0.717) is 0 Å². The zero-order chi connectivity index (χ0) is 11.8. The SMILES string of the molecule is NNC(=O)CN(CC(=O)NN)NC(N)=O.O.O.O.O.[Cl-].[Cl-].[Cl-].[Cl-].[Co+2].[Co+2]. The minimum atomic E-state index is -0.912. The fourth-order valence-electron chi connectivity index (χ4n) is 0.729. The molecule has 0 aromatic rings. The molecule has 0 aliphatic carbocycles. The molecule has 17 N–H and O–H groups in total. The van der Waals surface area contributed by atoms with Gasteiger partial charge in [0, 0.05) is 0 Å². The number of nitrogens with one attached hydrogen (secondary N) is 3. The third-order valence-corrected chi connectivity index (χ3v) is 1.26. The summed E-state index contributed by atoms with van der Waals surface area (Å²) in [5, 5.41) is 0.951. The number of hydrazine groups is 3. The van der Waals surface area contributed by atoms with E-state index in [0.717, 1.165) is 5.01 Å². The molecule has 0 heterocycles. The first kappa shape index (κ1) is 73.3. The van der Waals surface area contributed by atoms with Gasteiger partial charge in [-0.2, -0.15) is 0 Å². The molecule has 0 aliphatic rings. The summed E-state index contributed by atoms with van der Waals surface area (Å²) >= 11 is 0. The molecule has 0 aromatic heterocycles. The zero-order valence-electron chi connectivity index (χ0n) is 12.0. The zero-order valence-corrected chi connectivity index (χ0v) is 17.1. The van der Waals surface area contributed by atoms with E-state index in [1.165, 1.54) is 0 Å². The Morgan fingerprint density at radius 3 is 1.12 bits per heavy atom. The molecule has 0 atom stereocenters. The van der Waals surface area contributed by atoms with Gasteiger partial charge in [0.25, 0.3) is 0 Å². The van der Waals surface area contributed by atoms with E-state index in [1.54, 1.807) is 0 Å². The second-order valence-corrected chi connectivity index (χ2v) is 2.47. The largest absolute Gasteiger partial charge is 2.00 e. The van der Waals surface area contributed by atoms with Crippen LogP contribution in [0.25, 0.3) is 0 Å². The van der Waals surface area contributed by atoms with Crippen LogP contribution in [0.15, 0.2) is 0 Å². The van der Waals surface area contributed by atoms with Gasteiger partial charge in [0.1, 0.15) is 0 Å². The van der Waals surface area contributed by atoms with Gasteiger partial charge in [0.2, 0.25) is 11.8 Å². The van der Waals surface area contributed by atoms with Crippen LogP contribution >= 0.6 is 0 Å². The predicted molar refractivity (Wildman–Crippen MR) is 63.4 cm³/mol. The summed E-state index contributed by atoms with van der Waals surface area (Å²) in [6.45, 7) is -0.653. The first-order chi connectivity index (χ1) is 6.99. The van der Waals surface area contributed by atoms with Crippen molar-refractivity contribution >= 4 is 17.8 Å². The van der Waals surface area contributed by atoms with Crippen molar-refractivity contribution in [3.8, 4) is 0 Å². The van der Waals surface area contributed by atoms with Gasteiger partial charge in [-0.25, -0.2) is 21.5 Å². The fourth-order valence-corrected chi connectivity index (χ4v) is 0.729. The van der Waals surface area contributed by atoms with Gasteiger partial charge in [-0.05, 0) is 0 Å². The van der Waals surface area contributed by atoms with E-state index in [2.05, 4.69) is 0 Å². The molecule has 0 rings (SSSR count). The average Bonchev–Trinajstić information content (AvgIpc) is 2.16. The molecule has 0 spiro atoms. The topological polar surface area (TPSA) is 295 Å². The normalized spacial score (nSPS) is 5.72. The summed E-state index contributed by atoms with van der Waals surface area (Å²) in [6, 6.07) is -0.912. The van der Waals surface area contributed by atoms with E-state index in [4.69, 9.17) is 17.4 Å². The molecular formula is C5H21Cl4Co2N7O7. The van der Waals surface area contributed by atoms with E-state index in [1.807, 2.05) is 16.3 Å². The van der Waals surface area contributed by atoms with Gasteiger partial charge in [0.15, 0.2) is 0 Å². The Balaban J connectivity index is -0.0000000218. The predicted octanol–water partition coefficient (Wildman–Crippen LogP) is -19.4. The van der Waals surface area contributed by atoms with E-state index in [-0.39, 0.29) is 118 Å². The number of carbonyl (C=O) groups excluding carboxylic acids is 3. The summed E-state index contributed by atoms with van der Waals surface area (Å²) in [5.41, 5.74) is 10.5. The number of carbonyl (C=O) groups is 3. The minimum Gasteiger partial charge on any atom is -1.00 e. The molecule has 25 heavy (non-hydrogen) atoms. The maximum atomic E-state index is 10.8. The fraction of sp³-hybridized carbons (Fsp3) is 0.400. The van der Waals surface area contributed by atoms with Crippen molar-refractivity contribution in [2.45, 2.75) is 0 Å². The van der Waals surface area contributed by atoms with Gasteiger partial charge in [-0.1, -0.05) is 0 Å². The molecule has 0 aromatic carbocycles. The summed E-state index contributed by atoms with van der Waals surface area (Å²) < 4.78 is 0. The molecule has 0 bridgehead atoms. The molecule has 0 fully saturated rings. The average molecular weight is 551 g/mol. The summed E-state index contributed by atoms with van der Waals surface area (Å²) in [7, 11) is 0. The first-order valence-electron chi connectivity index (χ1n) is 3.79. The summed E-state index contributed by atoms with van der Waals surface area (Å²) in [4.78, 5) is 32.2. The van der Waals surface area contributed by atoms with Crippen molar-refractivity contribution in [1.82, 2.24) is 21.3 Å². The number of halogens is 4. The van der Waals surface area contributed by atoms with Crippen LogP contribution in [-0.2, 0) is 43.1 Å². The number of nitrogens with two attached hydrogens (primary N) is 3. The second kappa shape index (κ2) is 44.0. The van der Waals surface area contributed by atoms with Gasteiger partial charge in [-0.15, -0.1) is 0 Å². The molecule has 0 saturated carbocycles. The quantitative estimate of drug-likeness (QED) is 0.109. The van der Waals surface area contributed by atoms with Crippen LogP contribution in [0.2, 0.25) is 0 Å². The first-order valence-corrected chi connectivity index (χ1v) is 3.79. The van der Waals surface area contributed by atoms with Crippen LogP contribution in [0.1, 0.15) is 0 Å². The van der Waals surface area contributed by atoms with Crippen molar-refractivity contribution in [3.63, 3.8) is 0 Å². The number of rotatable bonds is 5. The van der Waals surface area contributed by atoms with Crippen molar-refractivity contribution in [2.75, 3.05) is 13.1 Å². The molecule has 2 radical (unpaired) electrons. The number of primary amides is 1. The third kappa shape index (κ3) is 45.4. The van der Waals surface area contributed by atoms with E-state index >= 15 is 0 Å². The van der Waals surface area contributed by atoms with Crippen molar-refractivity contribution < 1.29 is 119 Å². The molecule has 20 heteroatoms. The van der Waals surface area contributed by atoms with Gasteiger partial charge in [-0.3, -0.25) is 25.9 Å². The van der Waals surface area contributed by atoms with Crippen LogP contribution < -0.4 is 83.3 Å². The maximum Gasteiger partial charge on any atom is 2.00 e. The minimum absolute atomic E-state index is 0. The van der Waals surface area contributed by atoms with E-state index in [9.17, 15) is 14.4 Å². The standard InChI is InChI=1S/C5H13N7O3.4ClH.2Co.4H2O/c6-5(15)11-12(1-3(13)9-7)2-4(14)10-8;;;;;;;;;;/h1-2,7-8H2,(H,9,13)(H,10,14)(H3,6,11,15);4*1H;;;4*1H2/q;;;;;2*+2;;;;/p-4.